The van der Waals surface area contributed by atoms with Crippen LogP contribution in [-0.2, 0) is 6.54 Å². The summed E-state index contributed by atoms with van der Waals surface area (Å²) in [5, 5.41) is 18.4. The quantitative estimate of drug-likeness (QED) is 0.914. The van der Waals surface area contributed by atoms with E-state index in [1.807, 2.05) is 35.2 Å². The highest BCUT2D eigenvalue weighted by Crippen LogP contribution is 2.20. The van der Waals surface area contributed by atoms with Gasteiger partial charge < -0.3 is 14.4 Å². The second-order valence-electron chi connectivity index (χ2n) is 4.44. The lowest BCUT2D eigenvalue weighted by Gasteiger charge is -2.07. The molecule has 19 heavy (non-hydrogen) atoms. The average Bonchev–Trinajstić information content (AvgIpc) is 2.87. The van der Waals surface area contributed by atoms with E-state index in [0.29, 0.717) is 17.9 Å². The minimum absolute atomic E-state index is 0.461. The Morgan fingerprint density at radius 3 is 2.79 bits per heavy atom. The maximum Gasteiger partial charge on any atom is 0.136 e. The summed E-state index contributed by atoms with van der Waals surface area (Å²) < 4.78 is 7.18. The van der Waals surface area contributed by atoms with Gasteiger partial charge in [-0.15, -0.1) is 0 Å². The number of aliphatic hydroxyl groups is 1. The molecule has 2 rings (SSSR count). The van der Waals surface area contributed by atoms with Gasteiger partial charge in [0.25, 0.3) is 0 Å². The van der Waals surface area contributed by atoms with E-state index in [1.54, 1.807) is 20.1 Å². The molecule has 1 aromatic heterocycles. The van der Waals surface area contributed by atoms with Gasteiger partial charge in [0, 0.05) is 18.9 Å². The summed E-state index contributed by atoms with van der Waals surface area (Å²) in [6.45, 7) is 2.42. The van der Waals surface area contributed by atoms with Crippen LogP contribution in [-0.4, -0.2) is 16.8 Å². The molecule has 2 aromatic rings. The van der Waals surface area contributed by atoms with Gasteiger partial charge in [-0.05, 0) is 36.2 Å². The summed E-state index contributed by atoms with van der Waals surface area (Å²) in [5.74, 6) is 0.586. The van der Waals surface area contributed by atoms with Crippen molar-refractivity contribution in [2.24, 2.45) is 0 Å². The molecule has 1 N–H and O–H groups in total. The highest BCUT2D eigenvalue weighted by molar-refractivity contribution is 5.45. The van der Waals surface area contributed by atoms with E-state index in [-0.39, 0.29) is 0 Å². The number of aliphatic hydroxyl groups excluding tert-OH is 1. The number of nitriles is 1. The van der Waals surface area contributed by atoms with E-state index >= 15 is 0 Å². The Morgan fingerprint density at radius 1 is 1.42 bits per heavy atom. The zero-order chi connectivity index (χ0) is 13.8. The molecule has 98 valence electrons. The highest BCUT2D eigenvalue weighted by atomic mass is 16.5. The van der Waals surface area contributed by atoms with Crippen molar-refractivity contribution in [2.45, 2.75) is 19.6 Å². The van der Waals surface area contributed by atoms with E-state index in [2.05, 4.69) is 6.07 Å². The third-order valence-corrected chi connectivity index (χ3v) is 3.01. The zero-order valence-electron chi connectivity index (χ0n) is 11.0. The Balaban J connectivity index is 2.21. The van der Waals surface area contributed by atoms with Gasteiger partial charge in [-0.2, -0.15) is 5.26 Å². The molecule has 0 fully saturated rings. The number of hydrogen-bond donors (Lipinski definition) is 1. The van der Waals surface area contributed by atoms with Gasteiger partial charge in [0.1, 0.15) is 11.8 Å². The summed E-state index contributed by atoms with van der Waals surface area (Å²) in [4.78, 5) is 0. The summed E-state index contributed by atoms with van der Waals surface area (Å²) in [6, 6.07) is 9.51. The van der Waals surface area contributed by atoms with Gasteiger partial charge in [0.2, 0.25) is 0 Å². The molecule has 0 aliphatic rings. The van der Waals surface area contributed by atoms with Crippen LogP contribution in [0.25, 0.3) is 0 Å². The standard InChI is InChI=1S/C15H16N2O2/c1-11(18)14-5-6-17(10-14)9-12-3-4-13(8-16)15(7-12)19-2/h3-7,10-11,18H,9H2,1-2H3. The first-order valence-corrected chi connectivity index (χ1v) is 6.05. The number of methoxy groups -OCH3 is 1. The molecule has 0 saturated heterocycles. The Kier molecular flexibility index (Phi) is 3.88. The SMILES string of the molecule is COc1cc(Cn2ccc(C(C)O)c2)ccc1C#N. The number of aromatic nitrogens is 1. The Bertz CT molecular complexity index is 609. The van der Waals surface area contributed by atoms with Gasteiger partial charge in [-0.25, -0.2) is 0 Å². The van der Waals surface area contributed by atoms with Crippen LogP contribution in [0.4, 0.5) is 0 Å². The van der Waals surface area contributed by atoms with E-state index < -0.39 is 6.10 Å². The molecule has 4 heteroatoms. The van der Waals surface area contributed by atoms with E-state index in [1.165, 1.54) is 0 Å². The molecule has 1 atom stereocenters. The molecule has 1 unspecified atom stereocenters. The van der Waals surface area contributed by atoms with Crippen molar-refractivity contribution in [2.75, 3.05) is 7.11 Å². The molecule has 1 heterocycles. The number of hydrogen-bond acceptors (Lipinski definition) is 3. The van der Waals surface area contributed by atoms with Crippen LogP contribution in [0.2, 0.25) is 0 Å². The second-order valence-corrected chi connectivity index (χ2v) is 4.44. The zero-order valence-corrected chi connectivity index (χ0v) is 11.0. The minimum atomic E-state index is -0.461. The number of rotatable bonds is 4. The molecular weight excluding hydrogens is 240 g/mol. The predicted molar refractivity (Wildman–Crippen MR) is 71.9 cm³/mol. The molecule has 0 aliphatic carbocycles. The summed E-state index contributed by atoms with van der Waals surface area (Å²) in [5.41, 5.74) is 2.47. The van der Waals surface area contributed by atoms with Gasteiger partial charge in [-0.3, -0.25) is 0 Å². The van der Waals surface area contributed by atoms with Gasteiger partial charge in [0.15, 0.2) is 0 Å². The van der Waals surface area contributed by atoms with Crippen molar-refractivity contribution in [1.29, 1.82) is 5.26 Å². The first kappa shape index (κ1) is 13.2. The van der Waals surface area contributed by atoms with Gasteiger partial charge >= 0.3 is 0 Å². The maximum atomic E-state index is 9.48. The Labute approximate surface area is 112 Å². The smallest absolute Gasteiger partial charge is 0.136 e. The van der Waals surface area contributed by atoms with Crippen LogP contribution >= 0.6 is 0 Å². The Morgan fingerprint density at radius 2 is 2.21 bits per heavy atom. The molecular formula is C15H16N2O2. The van der Waals surface area contributed by atoms with E-state index in [4.69, 9.17) is 10.00 Å². The molecule has 0 amide bonds. The van der Waals surface area contributed by atoms with Crippen molar-refractivity contribution < 1.29 is 9.84 Å². The molecule has 0 saturated carbocycles. The van der Waals surface area contributed by atoms with Crippen molar-refractivity contribution in [3.63, 3.8) is 0 Å². The van der Waals surface area contributed by atoms with Crippen LogP contribution in [0.1, 0.15) is 29.7 Å². The number of ether oxygens (including phenoxy) is 1. The minimum Gasteiger partial charge on any atom is -0.495 e. The first-order chi connectivity index (χ1) is 9.13. The lowest BCUT2D eigenvalue weighted by atomic mass is 10.1. The van der Waals surface area contributed by atoms with Crippen molar-refractivity contribution in [3.05, 3.63) is 53.3 Å². The highest BCUT2D eigenvalue weighted by Gasteiger charge is 2.06. The van der Waals surface area contributed by atoms with Gasteiger partial charge in [-0.1, -0.05) is 6.07 Å². The van der Waals surface area contributed by atoms with Crippen molar-refractivity contribution in [3.8, 4) is 11.8 Å². The van der Waals surface area contributed by atoms with Crippen LogP contribution < -0.4 is 4.74 Å². The predicted octanol–water partition coefficient (Wildman–Crippen LogP) is 2.47. The molecule has 4 nitrogen and oxygen atoms in total. The van der Waals surface area contributed by atoms with Crippen LogP contribution in [0.15, 0.2) is 36.7 Å². The molecule has 0 bridgehead atoms. The summed E-state index contributed by atoms with van der Waals surface area (Å²) in [7, 11) is 1.56. The monoisotopic (exact) mass is 256 g/mol. The average molecular weight is 256 g/mol. The summed E-state index contributed by atoms with van der Waals surface area (Å²) >= 11 is 0. The molecule has 0 aliphatic heterocycles. The third-order valence-electron chi connectivity index (χ3n) is 3.01. The lowest BCUT2D eigenvalue weighted by molar-refractivity contribution is 0.199. The largest absolute Gasteiger partial charge is 0.495 e. The first-order valence-electron chi connectivity index (χ1n) is 6.05. The lowest BCUT2D eigenvalue weighted by Crippen LogP contribution is -1.98. The van der Waals surface area contributed by atoms with E-state index in [9.17, 15) is 5.11 Å². The molecule has 1 aromatic carbocycles. The Hall–Kier alpha value is -2.25. The topological polar surface area (TPSA) is 58.2 Å². The van der Waals surface area contributed by atoms with Gasteiger partial charge in [0.05, 0.1) is 18.8 Å². The van der Waals surface area contributed by atoms with Crippen molar-refractivity contribution >= 4 is 0 Å². The third kappa shape index (κ3) is 2.95. The van der Waals surface area contributed by atoms with Crippen molar-refractivity contribution in [1.82, 2.24) is 4.57 Å². The summed E-state index contributed by atoms with van der Waals surface area (Å²) in [6.07, 6.45) is 3.37. The van der Waals surface area contributed by atoms with Crippen LogP contribution in [0.3, 0.4) is 0 Å². The maximum absolute atomic E-state index is 9.48. The normalized spacial score (nSPS) is 11.9. The fraction of sp³-hybridized carbons (Fsp3) is 0.267. The van der Waals surface area contributed by atoms with E-state index in [0.717, 1.165) is 11.1 Å². The molecule has 0 radical (unpaired) electrons. The number of benzene rings is 1. The fourth-order valence-electron chi connectivity index (χ4n) is 1.94. The number of nitrogens with zero attached hydrogens (tertiary/aromatic N) is 2. The second kappa shape index (κ2) is 5.59. The van der Waals surface area contributed by atoms with Crippen LogP contribution in [0.5, 0.6) is 5.75 Å². The van der Waals surface area contributed by atoms with Crippen LogP contribution in [0, 0.1) is 11.3 Å². The fourth-order valence-corrected chi connectivity index (χ4v) is 1.94. The molecule has 0 spiro atoms.